The Balaban J connectivity index is 0.00000342. The first-order valence-electron chi connectivity index (χ1n) is 12.4. The Hall–Kier alpha value is -2.15. The summed E-state index contributed by atoms with van der Waals surface area (Å²) in [5.41, 5.74) is 5.47. The van der Waals surface area contributed by atoms with Crippen LogP contribution in [0.3, 0.4) is 0 Å². The van der Waals surface area contributed by atoms with E-state index in [0.717, 1.165) is 61.8 Å². The van der Waals surface area contributed by atoms with Crippen LogP contribution in [-0.4, -0.2) is 65.4 Å². The molecule has 0 saturated carbocycles. The lowest BCUT2D eigenvalue weighted by Crippen LogP contribution is -2.44. The third-order valence-corrected chi connectivity index (χ3v) is 7.78. The topological polar surface area (TPSA) is 43.4 Å². The molecule has 2 heterocycles. The Morgan fingerprint density at radius 1 is 0.714 bits per heavy atom. The van der Waals surface area contributed by atoms with Gasteiger partial charge in [-0.15, -0.1) is 12.4 Å². The van der Waals surface area contributed by atoms with Gasteiger partial charge in [-0.1, -0.05) is 13.3 Å². The second-order valence-corrected chi connectivity index (χ2v) is 9.62. The molecular weight excluding hydrogens is 464 g/mol. The Bertz CT molecular complexity index is 937. The summed E-state index contributed by atoms with van der Waals surface area (Å²) in [7, 11) is 11.4. The molecule has 4 rings (SSSR count). The van der Waals surface area contributed by atoms with Gasteiger partial charge in [0.1, 0.15) is 0 Å². The van der Waals surface area contributed by atoms with Crippen molar-refractivity contribution >= 4 is 12.4 Å². The van der Waals surface area contributed by atoms with Crippen molar-refractivity contribution in [1.29, 1.82) is 0 Å². The average molecular weight is 505 g/mol. The lowest BCUT2D eigenvalue weighted by atomic mass is 9.74. The summed E-state index contributed by atoms with van der Waals surface area (Å²) in [5, 5.41) is 0. The van der Waals surface area contributed by atoms with Gasteiger partial charge in [0, 0.05) is 25.2 Å². The van der Waals surface area contributed by atoms with Gasteiger partial charge in [-0.2, -0.15) is 0 Å². The molecule has 2 aliphatic rings. The molecule has 6 nitrogen and oxygen atoms in total. The van der Waals surface area contributed by atoms with Crippen LogP contribution in [0.25, 0.3) is 0 Å². The van der Waals surface area contributed by atoms with Crippen molar-refractivity contribution in [3.8, 4) is 23.0 Å². The highest BCUT2D eigenvalue weighted by Crippen LogP contribution is 2.49. The first-order chi connectivity index (χ1) is 16.5. The van der Waals surface area contributed by atoms with Crippen LogP contribution in [0.4, 0.5) is 0 Å². The van der Waals surface area contributed by atoms with Crippen LogP contribution in [0.1, 0.15) is 54.1 Å². The smallest absolute Gasteiger partial charge is 0.161 e. The summed E-state index contributed by atoms with van der Waals surface area (Å²) in [6.45, 7) is 4.36. The van der Waals surface area contributed by atoms with Gasteiger partial charge in [0.2, 0.25) is 0 Å². The maximum atomic E-state index is 5.72. The van der Waals surface area contributed by atoms with E-state index in [4.69, 9.17) is 18.9 Å². The number of hydrogen-bond acceptors (Lipinski definition) is 6. The maximum absolute atomic E-state index is 5.72. The summed E-state index contributed by atoms with van der Waals surface area (Å²) in [6, 6.07) is 9.38. The van der Waals surface area contributed by atoms with Gasteiger partial charge in [0.15, 0.2) is 23.0 Å². The fourth-order valence-electron chi connectivity index (χ4n) is 6.14. The SMILES string of the molecule is CCCC(C1c2cc(OC)c(OC)cc2CCN1C)C1c2cc(OC)c(OC)cc2CCN1C.Cl. The fourth-order valence-corrected chi connectivity index (χ4v) is 6.14. The minimum Gasteiger partial charge on any atom is -0.493 e. The first-order valence-corrected chi connectivity index (χ1v) is 12.4. The average Bonchev–Trinajstić information content (AvgIpc) is 2.86. The Morgan fingerprint density at radius 2 is 1.09 bits per heavy atom. The van der Waals surface area contributed by atoms with Crippen molar-refractivity contribution in [3.05, 3.63) is 46.5 Å². The zero-order valence-electron chi connectivity index (χ0n) is 22.2. The normalized spacial score (nSPS) is 20.8. The molecule has 0 N–H and O–H groups in total. The standard InChI is InChI=1S/C28H40N2O4.ClH/c1-8-9-20(27-21-16-25(33-6)23(31-4)14-18(21)10-12-29(27)2)28-22-17-26(34-7)24(32-5)15-19(22)11-13-30(28)3;/h14-17,20,27-28H,8-13H2,1-7H3;1H. The molecule has 2 aromatic carbocycles. The van der Waals surface area contributed by atoms with Gasteiger partial charge in [-0.3, -0.25) is 9.80 Å². The molecule has 2 unspecified atom stereocenters. The van der Waals surface area contributed by atoms with Crippen molar-refractivity contribution in [2.24, 2.45) is 5.92 Å². The summed E-state index contributed by atoms with van der Waals surface area (Å²) < 4.78 is 22.7. The second kappa shape index (κ2) is 11.7. The highest BCUT2D eigenvalue weighted by Gasteiger charge is 2.41. The number of ether oxygens (including phenoxy) is 4. The van der Waals surface area contributed by atoms with E-state index in [2.05, 4.69) is 55.1 Å². The van der Waals surface area contributed by atoms with Crippen LogP contribution in [0, 0.1) is 5.92 Å². The van der Waals surface area contributed by atoms with Gasteiger partial charge >= 0.3 is 0 Å². The highest BCUT2D eigenvalue weighted by molar-refractivity contribution is 5.85. The molecular formula is C28H41ClN2O4. The number of likely N-dealkylation sites (N-methyl/N-ethyl adjacent to an activating group) is 2. The molecule has 194 valence electrons. The van der Waals surface area contributed by atoms with Crippen LogP contribution in [0.2, 0.25) is 0 Å². The molecule has 0 saturated heterocycles. The molecule has 2 aromatic rings. The van der Waals surface area contributed by atoms with Gasteiger partial charge in [-0.05, 0) is 85.8 Å². The Kier molecular flexibility index (Phi) is 9.19. The van der Waals surface area contributed by atoms with E-state index in [1.165, 1.54) is 22.3 Å². The minimum atomic E-state index is 0. The number of rotatable bonds is 8. The van der Waals surface area contributed by atoms with E-state index in [-0.39, 0.29) is 24.5 Å². The number of fused-ring (bicyclic) bond motifs is 2. The molecule has 0 radical (unpaired) electrons. The van der Waals surface area contributed by atoms with E-state index in [1.54, 1.807) is 28.4 Å². The van der Waals surface area contributed by atoms with Crippen molar-refractivity contribution in [2.75, 3.05) is 55.6 Å². The largest absolute Gasteiger partial charge is 0.493 e. The number of benzene rings is 2. The molecule has 0 aliphatic carbocycles. The van der Waals surface area contributed by atoms with Crippen molar-refractivity contribution < 1.29 is 18.9 Å². The van der Waals surface area contributed by atoms with Gasteiger partial charge in [-0.25, -0.2) is 0 Å². The molecule has 7 heteroatoms. The maximum Gasteiger partial charge on any atom is 0.161 e. The number of hydrogen-bond donors (Lipinski definition) is 0. The summed E-state index contributed by atoms with van der Waals surface area (Å²) >= 11 is 0. The first kappa shape index (κ1) is 27.4. The minimum absolute atomic E-state index is 0. The fraction of sp³-hybridized carbons (Fsp3) is 0.571. The number of halogens is 1. The van der Waals surface area contributed by atoms with Crippen LogP contribution in [0.5, 0.6) is 23.0 Å². The van der Waals surface area contributed by atoms with Crippen LogP contribution >= 0.6 is 12.4 Å². The molecule has 2 atom stereocenters. The predicted molar refractivity (Wildman–Crippen MR) is 143 cm³/mol. The molecule has 2 aliphatic heterocycles. The third-order valence-electron chi connectivity index (χ3n) is 7.78. The van der Waals surface area contributed by atoms with Crippen molar-refractivity contribution in [3.63, 3.8) is 0 Å². The van der Waals surface area contributed by atoms with E-state index in [9.17, 15) is 0 Å². The summed E-state index contributed by atoms with van der Waals surface area (Å²) in [6.07, 6.45) is 4.30. The Labute approximate surface area is 216 Å². The number of methoxy groups -OCH3 is 4. The summed E-state index contributed by atoms with van der Waals surface area (Å²) in [4.78, 5) is 5.08. The lowest BCUT2D eigenvalue weighted by Gasteiger charge is -2.47. The van der Waals surface area contributed by atoms with E-state index < -0.39 is 0 Å². The second-order valence-electron chi connectivity index (χ2n) is 9.62. The van der Waals surface area contributed by atoms with Gasteiger partial charge in [0.25, 0.3) is 0 Å². The van der Waals surface area contributed by atoms with E-state index in [1.807, 2.05) is 0 Å². The molecule has 0 bridgehead atoms. The van der Waals surface area contributed by atoms with E-state index in [0.29, 0.717) is 5.92 Å². The molecule has 0 spiro atoms. The Morgan fingerprint density at radius 3 is 1.43 bits per heavy atom. The predicted octanol–water partition coefficient (Wildman–Crippen LogP) is 5.32. The third kappa shape index (κ3) is 5.07. The molecule has 35 heavy (non-hydrogen) atoms. The monoisotopic (exact) mass is 504 g/mol. The zero-order valence-corrected chi connectivity index (χ0v) is 23.0. The molecule has 0 amide bonds. The summed E-state index contributed by atoms with van der Waals surface area (Å²) in [5.74, 6) is 3.65. The van der Waals surface area contributed by atoms with Crippen molar-refractivity contribution in [1.82, 2.24) is 9.80 Å². The molecule has 0 aromatic heterocycles. The van der Waals surface area contributed by atoms with Crippen LogP contribution < -0.4 is 18.9 Å². The van der Waals surface area contributed by atoms with Crippen molar-refractivity contribution in [2.45, 2.75) is 44.7 Å². The molecule has 0 fully saturated rings. The highest BCUT2D eigenvalue weighted by atomic mass is 35.5. The van der Waals surface area contributed by atoms with Crippen LogP contribution in [0.15, 0.2) is 24.3 Å². The quantitative estimate of drug-likeness (QED) is 0.485. The van der Waals surface area contributed by atoms with Gasteiger partial charge < -0.3 is 18.9 Å². The number of nitrogens with zero attached hydrogens (tertiary/aromatic N) is 2. The van der Waals surface area contributed by atoms with E-state index >= 15 is 0 Å². The zero-order chi connectivity index (χ0) is 24.4. The lowest BCUT2D eigenvalue weighted by molar-refractivity contribution is 0.0689. The van der Waals surface area contributed by atoms with Crippen LogP contribution in [-0.2, 0) is 12.8 Å². The van der Waals surface area contributed by atoms with Gasteiger partial charge in [0.05, 0.1) is 28.4 Å².